The molecular formula is C16H26FN2OY+. The first-order valence-electron chi connectivity index (χ1n) is 7.13. The van der Waals surface area contributed by atoms with Crippen molar-refractivity contribution in [2.24, 2.45) is 0 Å². The predicted molar refractivity (Wildman–Crippen MR) is 81.2 cm³/mol. The second kappa shape index (κ2) is 8.35. The van der Waals surface area contributed by atoms with E-state index in [1.807, 2.05) is 20.8 Å². The fourth-order valence-corrected chi connectivity index (χ4v) is 2.53. The number of benzene rings is 1. The van der Waals surface area contributed by atoms with E-state index in [4.69, 9.17) is 0 Å². The summed E-state index contributed by atoms with van der Waals surface area (Å²) >= 11 is 0. The Morgan fingerprint density at radius 1 is 1.24 bits per heavy atom. The molecule has 1 radical (unpaired) electrons. The molecule has 0 heterocycles. The number of carbonyl (C=O) groups is 1. The molecule has 3 nitrogen and oxygen atoms in total. The topological polar surface area (TPSA) is 29.1 Å². The van der Waals surface area contributed by atoms with Gasteiger partial charge in [-0.05, 0) is 44.0 Å². The van der Waals surface area contributed by atoms with Gasteiger partial charge in [0.15, 0.2) is 6.04 Å². The molecule has 115 valence electrons. The van der Waals surface area contributed by atoms with Crippen LogP contribution in [0.5, 0.6) is 0 Å². The van der Waals surface area contributed by atoms with Gasteiger partial charge in [-0.1, -0.05) is 6.92 Å². The molecule has 0 spiro atoms. The van der Waals surface area contributed by atoms with E-state index in [9.17, 15) is 9.18 Å². The summed E-state index contributed by atoms with van der Waals surface area (Å²) in [5.74, 6) is -0.271. The zero-order chi connectivity index (χ0) is 15.5. The molecule has 1 rings (SSSR count). The molecule has 21 heavy (non-hydrogen) atoms. The van der Waals surface area contributed by atoms with Gasteiger partial charge in [0.2, 0.25) is 0 Å². The van der Waals surface area contributed by atoms with Crippen LogP contribution in [-0.2, 0) is 37.5 Å². The van der Waals surface area contributed by atoms with E-state index in [2.05, 4.69) is 26.3 Å². The third-order valence-electron chi connectivity index (χ3n) is 4.09. The quantitative estimate of drug-likeness (QED) is 0.793. The summed E-state index contributed by atoms with van der Waals surface area (Å²) < 4.78 is 13.9. The van der Waals surface area contributed by atoms with E-state index in [-0.39, 0.29) is 50.5 Å². The molecule has 0 aliphatic carbocycles. The van der Waals surface area contributed by atoms with Crippen molar-refractivity contribution in [3.63, 3.8) is 0 Å². The predicted octanol–water partition coefficient (Wildman–Crippen LogP) is 3.25. The van der Waals surface area contributed by atoms with Crippen LogP contribution in [0.25, 0.3) is 0 Å². The SMILES string of the molecule is CCC(C(=O)Nc1c(C)cc(F)cc1C)[N+](C)(C)CC.[Y]. The first-order valence-corrected chi connectivity index (χ1v) is 7.13. The number of anilines is 1. The van der Waals surface area contributed by atoms with Crippen molar-refractivity contribution in [1.82, 2.24) is 0 Å². The van der Waals surface area contributed by atoms with Gasteiger partial charge >= 0.3 is 0 Å². The number of carbonyl (C=O) groups excluding carboxylic acids is 1. The molecule has 5 heteroatoms. The Hall–Kier alpha value is -0.316. The Balaban J connectivity index is 0.00000400. The van der Waals surface area contributed by atoms with E-state index in [1.54, 1.807) is 0 Å². The second-order valence-electron chi connectivity index (χ2n) is 5.92. The number of hydrogen-bond donors (Lipinski definition) is 1. The molecule has 0 saturated carbocycles. The normalized spacial score (nSPS) is 12.5. The molecule has 1 unspecified atom stereocenters. The Kier molecular flexibility index (Phi) is 8.23. The molecule has 0 bridgehead atoms. The van der Waals surface area contributed by atoms with E-state index in [1.165, 1.54) is 12.1 Å². The molecule has 0 aliphatic heterocycles. The molecule has 1 aromatic rings. The average Bonchev–Trinajstić information content (AvgIpc) is 2.34. The van der Waals surface area contributed by atoms with Gasteiger partial charge in [0.25, 0.3) is 5.91 Å². The monoisotopic (exact) mass is 370 g/mol. The molecule has 1 atom stereocenters. The summed E-state index contributed by atoms with van der Waals surface area (Å²) in [6.07, 6.45) is 0.770. The molecule has 1 N–H and O–H groups in total. The van der Waals surface area contributed by atoms with Gasteiger partial charge in [0.1, 0.15) is 5.82 Å². The Bertz CT molecular complexity index is 480. The number of amides is 1. The van der Waals surface area contributed by atoms with Crippen LogP contribution in [0.1, 0.15) is 31.4 Å². The van der Waals surface area contributed by atoms with E-state index < -0.39 is 0 Å². The molecule has 0 saturated heterocycles. The van der Waals surface area contributed by atoms with Crippen molar-refractivity contribution in [3.8, 4) is 0 Å². The van der Waals surface area contributed by atoms with Gasteiger partial charge in [-0.15, -0.1) is 0 Å². The summed E-state index contributed by atoms with van der Waals surface area (Å²) in [7, 11) is 4.11. The van der Waals surface area contributed by atoms with Crippen molar-refractivity contribution in [1.29, 1.82) is 0 Å². The maximum absolute atomic E-state index is 13.3. The number of hydrogen-bond acceptors (Lipinski definition) is 1. The molecule has 0 aliphatic rings. The van der Waals surface area contributed by atoms with Gasteiger partial charge in [0.05, 0.1) is 20.6 Å². The number of aryl methyl sites for hydroxylation is 2. The van der Waals surface area contributed by atoms with E-state index in [0.717, 1.165) is 29.8 Å². The third-order valence-corrected chi connectivity index (χ3v) is 4.09. The average molecular weight is 370 g/mol. The van der Waals surface area contributed by atoms with Crippen LogP contribution in [-0.4, -0.2) is 37.1 Å². The standard InChI is InChI=1S/C16H25FN2O.Y/c1-7-14(19(5,6)8-2)16(20)18-15-11(3)9-13(17)10-12(15)4;/h9-10,14H,7-8H2,1-6H3;/p+1. The number of nitrogens with one attached hydrogen (secondary N) is 1. The van der Waals surface area contributed by atoms with Crippen LogP contribution >= 0.6 is 0 Å². The maximum atomic E-state index is 13.3. The van der Waals surface area contributed by atoms with Crippen LogP contribution in [0.15, 0.2) is 12.1 Å². The van der Waals surface area contributed by atoms with Crippen molar-refractivity contribution < 1.29 is 46.4 Å². The Morgan fingerprint density at radius 2 is 1.71 bits per heavy atom. The van der Waals surface area contributed by atoms with Crippen LogP contribution in [0, 0.1) is 19.7 Å². The van der Waals surface area contributed by atoms with Gasteiger partial charge in [0, 0.05) is 44.8 Å². The van der Waals surface area contributed by atoms with Gasteiger partial charge in [-0.25, -0.2) is 4.39 Å². The minimum Gasteiger partial charge on any atom is -0.320 e. The summed E-state index contributed by atoms with van der Waals surface area (Å²) in [4.78, 5) is 12.5. The van der Waals surface area contributed by atoms with Crippen LogP contribution < -0.4 is 5.32 Å². The summed E-state index contributed by atoms with van der Waals surface area (Å²) in [6, 6.07) is 2.79. The van der Waals surface area contributed by atoms with Crippen molar-refractivity contribution in [3.05, 3.63) is 29.1 Å². The largest absolute Gasteiger partial charge is 0.320 e. The Labute approximate surface area is 152 Å². The van der Waals surface area contributed by atoms with E-state index in [0.29, 0.717) is 4.48 Å². The number of rotatable bonds is 5. The van der Waals surface area contributed by atoms with Gasteiger partial charge in [-0.2, -0.15) is 0 Å². The summed E-state index contributed by atoms with van der Waals surface area (Å²) in [5.41, 5.74) is 2.24. The van der Waals surface area contributed by atoms with Gasteiger partial charge < -0.3 is 9.80 Å². The van der Waals surface area contributed by atoms with Crippen LogP contribution in [0.4, 0.5) is 10.1 Å². The fourth-order valence-electron chi connectivity index (χ4n) is 2.53. The maximum Gasteiger partial charge on any atom is 0.282 e. The second-order valence-corrected chi connectivity index (χ2v) is 5.92. The zero-order valence-corrected chi connectivity index (χ0v) is 16.8. The van der Waals surface area contributed by atoms with Crippen molar-refractivity contribution in [2.45, 2.75) is 40.2 Å². The van der Waals surface area contributed by atoms with Crippen LogP contribution in [0.2, 0.25) is 0 Å². The first-order chi connectivity index (χ1) is 9.22. The van der Waals surface area contributed by atoms with Gasteiger partial charge in [-0.3, -0.25) is 4.79 Å². The molecule has 1 aromatic carbocycles. The minimum absolute atomic E-state index is 0. The number of nitrogens with zero attached hydrogens (tertiary/aromatic N) is 1. The number of halogens is 1. The number of quaternary nitrogens is 1. The summed E-state index contributed by atoms with van der Waals surface area (Å²) in [5, 5.41) is 2.98. The molecule has 0 fully saturated rings. The zero-order valence-electron chi connectivity index (χ0n) is 14.0. The fraction of sp³-hybridized carbons (Fsp3) is 0.562. The molecule has 1 amide bonds. The molecule has 0 aromatic heterocycles. The van der Waals surface area contributed by atoms with Crippen LogP contribution in [0.3, 0.4) is 0 Å². The van der Waals surface area contributed by atoms with Crippen molar-refractivity contribution in [2.75, 3.05) is 26.0 Å². The van der Waals surface area contributed by atoms with E-state index >= 15 is 0 Å². The van der Waals surface area contributed by atoms with Crippen molar-refractivity contribution >= 4 is 11.6 Å². The minimum atomic E-state index is -0.269. The third kappa shape index (κ3) is 5.12. The molecular weight excluding hydrogens is 344 g/mol. The number of likely N-dealkylation sites (N-methyl/N-ethyl adjacent to an activating group) is 1. The first kappa shape index (κ1) is 20.7. The smallest absolute Gasteiger partial charge is 0.282 e. The Morgan fingerprint density at radius 3 is 2.10 bits per heavy atom. The summed E-state index contributed by atoms with van der Waals surface area (Å²) in [6.45, 7) is 8.60.